The largest absolute Gasteiger partial charge is 0.343 e. The van der Waals surface area contributed by atoms with Crippen LogP contribution < -0.4 is 0 Å². The fourth-order valence-electron chi connectivity index (χ4n) is 2.23. The van der Waals surface area contributed by atoms with Crippen molar-refractivity contribution in [2.75, 3.05) is 26.2 Å². The van der Waals surface area contributed by atoms with E-state index in [9.17, 15) is 4.79 Å². The van der Waals surface area contributed by atoms with Gasteiger partial charge >= 0.3 is 0 Å². The second kappa shape index (κ2) is 10.6. The molecule has 0 N–H and O–H groups in total. The van der Waals surface area contributed by atoms with Crippen molar-refractivity contribution in [2.45, 2.75) is 34.2 Å². The SMILES string of the molecule is CC.CC.O=CN1CCN(Cc2nc3cc(Cl)ccc3s2)CC1. The zero-order valence-corrected chi connectivity index (χ0v) is 16.0. The predicted octanol–water partition coefficient (Wildman–Crippen LogP) is 4.28. The number of halogens is 1. The minimum atomic E-state index is 0.726. The molecule has 0 unspecified atom stereocenters. The van der Waals surface area contributed by atoms with E-state index in [0.717, 1.165) is 54.7 Å². The van der Waals surface area contributed by atoms with Crippen LogP contribution in [-0.4, -0.2) is 47.4 Å². The molecule has 1 aromatic heterocycles. The molecule has 0 bridgehead atoms. The molecule has 0 spiro atoms. The fraction of sp³-hybridized carbons (Fsp3) is 0.529. The van der Waals surface area contributed by atoms with Gasteiger partial charge in [-0.1, -0.05) is 39.3 Å². The van der Waals surface area contributed by atoms with E-state index in [0.29, 0.717) is 0 Å². The van der Waals surface area contributed by atoms with Crippen molar-refractivity contribution in [3.63, 3.8) is 0 Å². The van der Waals surface area contributed by atoms with Crippen LogP contribution in [0.25, 0.3) is 10.2 Å². The molecule has 4 nitrogen and oxygen atoms in total. The van der Waals surface area contributed by atoms with Gasteiger partial charge in [0, 0.05) is 31.2 Å². The first-order valence-electron chi connectivity index (χ1n) is 8.21. The van der Waals surface area contributed by atoms with E-state index < -0.39 is 0 Å². The van der Waals surface area contributed by atoms with Gasteiger partial charge in [-0.05, 0) is 18.2 Å². The number of carbonyl (C=O) groups excluding carboxylic acids is 1. The Balaban J connectivity index is 0.000000615. The van der Waals surface area contributed by atoms with Crippen LogP contribution >= 0.6 is 22.9 Å². The maximum atomic E-state index is 10.7. The number of fused-ring (bicyclic) bond motifs is 1. The number of rotatable bonds is 3. The minimum absolute atomic E-state index is 0.726. The summed E-state index contributed by atoms with van der Waals surface area (Å²) in [6.45, 7) is 12.3. The average molecular weight is 356 g/mol. The van der Waals surface area contributed by atoms with Gasteiger partial charge in [0.1, 0.15) is 5.01 Å². The normalized spacial score (nSPS) is 14.6. The molecule has 1 saturated heterocycles. The first-order valence-corrected chi connectivity index (χ1v) is 9.41. The first-order chi connectivity index (χ1) is 11.2. The van der Waals surface area contributed by atoms with Crippen molar-refractivity contribution in [1.82, 2.24) is 14.8 Å². The summed E-state index contributed by atoms with van der Waals surface area (Å²) >= 11 is 7.68. The number of nitrogens with zero attached hydrogens (tertiary/aromatic N) is 3. The Kier molecular flexibility index (Phi) is 9.14. The summed E-state index contributed by atoms with van der Waals surface area (Å²) in [6.07, 6.45) is 0.928. The van der Waals surface area contributed by atoms with E-state index in [1.807, 2.05) is 50.8 Å². The summed E-state index contributed by atoms with van der Waals surface area (Å²) in [7, 11) is 0. The van der Waals surface area contributed by atoms with E-state index in [1.54, 1.807) is 11.3 Å². The van der Waals surface area contributed by atoms with Gasteiger partial charge in [-0.3, -0.25) is 9.69 Å². The number of carbonyl (C=O) groups is 1. The third-order valence-electron chi connectivity index (χ3n) is 3.31. The van der Waals surface area contributed by atoms with E-state index >= 15 is 0 Å². The van der Waals surface area contributed by atoms with Gasteiger partial charge in [0.05, 0.1) is 16.8 Å². The maximum absolute atomic E-state index is 10.7. The van der Waals surface area contributed by atoms with Crippen LogP contribution in [0.3, 0.4) is 0 Å². The minimum Gasteiger partial charge on any atom is -0.343 e. The Morgan fingerprint density at radius 2 is 1.83 bits per heavy atom. The van der Waals surface area contributed by atoms with Crippen LogP contribution in [0.4, 0.5) is 0 Å². The van der Waals surface area contributed by atoms with Crippen LogP contribution in [0.2, 0.25) is 5.02 Å². The lowest BCUT2D eigenvalue weighted by Gasteiger charge is -2.31. The molecule has 2 heterocycles. The monoisotopic (exact) mass is 355 g/mol. The number of thiazole rings is 1. The number of hydrogen-bond acceptors (Lipinski definition) is 4. The molecule has 2 aromatic rings. The molecule has 0 saturated carbocycles. The zero-order chi connectivity index (χ0) is 17.2. The Hall–Kier alpha value is -1.17. The highest BCUT2D eigenvalue weighted by Gasteiger charge is 2.16. The van der Waals surface area contributed by atoms with E-state index in [4.69, 9.17) is 11.6 Å². The smallest absolute Gasteiger partial charge is 0.209 e. The molecule has 1 aliphatic heterocycles. The van der Waals surface area contributed by atoms with Gasteiger partial charge in [-0.15, -0.1) is 11.3 Å². The van der Waals surface area contributed by atoms with Crippen LogP contribution in [0, 0.1) is 0 Å². The Bertz CT molecular complexity index is 595. The predicted molar refractivity (Wildman–Crippen MR) is 100 cm³/mol. The quantitative estimate of drug-likeness (QED) is 0.771. The standard InChI is InChI=1S/C13H14ClN3OS.2C2H6/c14-10-1-2-12-11(7-10)15-13(19-12)8-16-3-5-17(9-18)6-4-16;2*1-2/h1-2,7,9H,3-6,8H2;2*1-2H3. The molecule has 1 aliphatic rings. The van der Waals surface area contributed by atoms with Crippen LogP contribution in [-0.2, 0) is 11.3 Å². The zero-order valence-electron chi connectivity index (χ0n) is 14.4. The average Bonchev–Trinajstić information content (AvgIpc) is 3.00. The Morgan fingerprint density at radius 1 is 1.17 bits per heavy atom. The van der Waals surface area contributed by atoms with Crippen molar-refractivity contribution in [3.8, 4) is 0 Å². The highest BCUT2D eigenvalue weighted by molar-refractivity contribution is 7.18. The molecule has 128 valence electrons. The number of piperazine rings is 1. The summed E-state index contributed by atoms with van der Waals surface area (Å²) in [5.74, 6) is 0. The molecule has 3 rings (SSSR count). The molecule has 6 heteroatoms. The van der Waals surface area contributed by atoms with Crippen molar-refractivity contribution < 1.29 is 4.79 Å². The number of hydrogen-bond donors (Lipinski definition) is 0. The lowest BCUT2D eigenvalue weighted by molar-refractivity contribution is -0.119. The van der Waals surface area contributed by atoms with Crippen molar-refractivity contribution in [2.24, 2.45) is 0 Å². The Labute approximate surface area is 148 Å². The van der Waals surface area contributed by atoms with Crippen molar-refractivity contribution in [1.29, 1.82) is 0 Å². The van der Waals surface area contributed by atoms with Crippen LogP contribution in [0.15, 0.2) is 18.2 Å². The van der Waals surface area contributed by atoms with Gasteiger partial charge in [0.15, 0.2) is 0 Å². The third kappa shape index (κ3) is 5.75. The van der Waals surface area contributed by atoms with Crippen molar-refractivity contribution >= 4 is 39.6 Å². The molecule has 1 fully saturated rings. The summed E-state index contributed by atoms with van der Waals surface area (Å²) in [6, 6.07) is 5.82. The summed E-state index contributed by atoms with van der Waals surface area (Å²) in [5, 5.41) is 1.83. The number of benzene rings is 1. The van der Waals surface area contributed by atoms with E-state index in [1.165, 1.54) is 4.70 Å². The summed E-state index contributed by atoms with van der Waals surface area (Å²) in [4.78, 5) is 19.4. The molecule has 1 aromatic carbocycles. The molecular formula is C17H26ClN3OS. The highest BCUT2D eigenvalue weighted by atomic mass is 35.5. The topological polar surface area (TPSA) is 36.4 Å². The molecular weight excluding hydrogens is 330 g/mol. The fourth-order valence-corrected chi connectivity index (χ4v) is 3.39. The summed E-state index contributed by atoms with van der Waals surface area (Å²) in [5.41, 5.74) is 0.971. The van der Waals surface area contributed by atoms with Gasteiger partial charge in [0.25, 0.3) is 0 Å². The maximum Gasteiger partial charge on any atom is 0.209 e. The summed E-state index contributed by atoms with van der Waals surface area (Å²) < 4.78 is 1.17. The lowest BCUT2D eigenvalue weighted by atomic mass is 10.3. The van der Waals surface area contributed by atoms with Crippen molar-refractivity contribution in [3.05, 3.63) is 28.2 Å². The highest BCUT2D eigenvalue weighted by Crippen LogP contribution is 2.25. The molecule has 1 amide bonds. The number of amides is 1. The van der Waals surface area contributed by atoms with Crippen LogP contribution in [0.1, 0.15) is 32.7 Å². The molecule has 0 radical (unpaired) electrons. The lowest BCUT2D eigenvalue weighted by Crippen LogP contribution is -2.45. The van der Waals surface area contributed by atoms with Gasteiger partial charge in [-0.2, -0.15) is 0 Å². The molecule has 0 atom stereocenters. The van der Waals surface area contributed by atoms with Gasteiger partial charge in [0.2, 0.25) is 6.41 Å². The van der Waals surface area contributed by atoms with E-state index in [2.05, 4.69) is 9.88 Å². The molecule has 0 aliphatic carbocycles. The second-order valence-corrected chi connectivity index (χ2v) is 6.19. The van der Waals surface area contributed by atoms with Gasteiger partial charge in [-0.25, -0.2) is 4.98 Å². The Morgan fingerprint density at radius 3 is 2.43 bits per heavy atom. The molecule has 23 heavy (non-hydrogen) atoms. The third-order valence-corrected chi connectivity index (χ3v) is 4.56. The number of aromatic nitrogens is 1. The first kappa shape index (κ1) is 19.9. The van der Waals surface area contributed by atoms with Crippen LogP contribution in [0.5, 0.6) is 0 Å². The second-order valence-electron chi connectivity index (χ2n) is 4.64. The van der Waals surface area contributed by atoms with Gasteiger partial charge < -0.3 is 4.90 Å². The van der Waals surface area contributed by atoms with E-state index in [-0.39, 0.29) is 0 Å².